The molecule has 32 heavy (non-hydrogen) atoms. The zero-order valence-electron chi connectivity index (χ0n) is 17.7. The maximum Gasteiger partial charge on any atom is 0.304 e. The summed E-state index contributed by atoms with van der Waals surface area (Å²) < 4.78 is 24.3. The van der Waals surface area contributed by atoms with Crippen molar-refractivity contribution in [2.75, 3.05) is 13.7 Å². The van der Waals surface area contributed by atoms with Gasteiger partial charge in [0, 0.05) is 29.2 Å². The van der Waals surface area contributed by atoms with E-state index in [1.165, 1.54) is 23.4 Å². The number of carboxylic acid groups (broad SMARTS) is 1. The van der Waals surface area contributed by atoms with E-state index in [1.807, 2.05) is 12.1 Å². The predicted molar refractivity (Wildman–Crippen MR) is 117 cm³/mol. The van der Waals surface area contributed by atoms with Crippen molar-refractivity contribution >= 4 is 5.97 Å². The topological polar surface area (TPSA) is 88.9 Å². The zero-order chi connectivity index (χ0) is 22.7. The molecule has 6 nitrogen and oxygen atoms in total. The van der Waals surface area contributed by atoms with Gasteiger partial charge in [-0.15, -0.1) is 0 Å². The second-order valence-electron chi connectivity index (χ2n) is 7.83. The number of hydrogen-bond acceptors (Lipinski definition) is 5. The standard InChI is InChI=1S/C15H14FNO.C10H10O4/c1-18-15-8-13(14(16)9-17-15)12-7-3-5-10-4-2-6-11(10)12;11-7-1-2-8-6(3-10(12)13)5-14-9(8)4-7/h3,5,7-9H,2,4,6H2,1H3;1-2,4,6,11H,3,5H2,(H,12,13). The van der Waals surface area contributed by atoms with E-state index in [2.05, 4.69) is 11.1 Å². The molecule has 0 fully saturated rings. The first-order chi connectivity index (χ1) is 15.5. The summed E-state index contributed by atoms with van der Waals surface area (Å²) in [5.74, 6) is -0.0447. The molecule has 0 saturated heterocycles. The second kappa shape index (κ2) is 9.26. The number of aromatic nitrogens is 1. The molecule has 2 N–H and O–H groups in total. The average molecular weight is 437 g/mol. The molecular formula is C25H24FNO5. The summed E-state index contributed by atoms with van der Waals surface area (Å²) in [5, 5.41) is 17.8. The van der Waals surface area contributed by atoms with E-state index < -0.39 is 5.97 Å². The van der Waals surface area contributed by atoms with Crippen molar-refractivity contribution in [3.8, 4) is 28.5 Å². The summed E-state index contributed by atoms with van der Waals surface area (Å²) in [4.78, 5) is 14.4. The van der Waals surface area contributed by atoms with Crippen molar-refractivity contribution in [1.29, 1.82) is 0 Å². The van der Waals surface area contributed by atoms with Crippen LogP contribution in [0.15, 0.2) is 48.7 Å². The highest BCUT2D eigenvalue weighted by molar-refractivity contribution is 5.71. The lowest BCUT2D eigenvalue weighted by atomic mass is 9.97. The van der Waals surface area contributed by atoms with Gasteiger partial charge in [0.05, 0.1) is 26.3 Å². The second-order valence-corrected chi connectivity index (χ2v) is 7.83. The lowest BCUT2D eigenvalue weighted by molar-refractivity contribution is -0.137. The normalized spacial score (nSPS) is 15.8. The molecule has 0 amide bonds. The fourth-order valence-electron chi connectivity index (χ4n) is 4.25. The lowest BCUT2D eigenvalue weighted by Gasteiger charge is -2.10. The minimum Gasteiger partial charge on any atom is -0.508 e. The molecule has 0 spiro atoms. The number of aryl methyl sites for hydroxylation is 1. The third-order valence-electron chi connectivity index (χ3n) is 5.77. The Labute approximate surface area is 185 Å². The minimum atomic E-state index is -0.834. The SMILES string of the molecule is COc1cc(-c2cccc3c2CCC3)c(F)cn1.O=C(O)CC1COc2cc(O)ccc21. The van der Waals surface area contributed by atoms with Crippen LogP contribution in [0.25, 0.3) is 11.1 Å². The summed E-state index contributed by atoms with van der Waals surface area (Å²) in [6.07, 6.45) is 4.55. The number of nitrogens with zero attached hydrogens (tertiary/aromatic N) is 1. The summed E-state index contributed by atoms with van der Waals surface area (Å²) in [6.45, 7) is 0.380. The molecule has 1 aliphatic heterocycles. The molecule has 0 bridgehead atoms. The largest absolute Gasteiger partial charge is 0.508 e. The Morgan fingerprint density at radius 3 is 2.84 bits per heavy atom. The number of methoxy groups -OCH3 is 1. The molecule has 0 saturated carbocycles. The van der Waals surface area contributed by atoms with Gasteiger partial charge in [-0.3, -0.25) is 4.79 Å². The van der Waals surface area contributed by atoms with Crippen LogP contribution in [0.3, 0.4) is 0 Å². The van der Waals surface area contributed by atoms with E-state index >= 15 is 0 Å². The van der Waals surface area contributed by atoms with Gasteiger partial charge in [0.25, 0.3) is 0 Å². The van der Waals surface area contributed by atoms with Gasteiger partial charge in [-0.25, -0.2) is 9.37 Å². The maximum absolute atomic E-state index is 13.9. The van der Waals surface area contributed by atoms with Gasteiger partial charge in [-0.2, -0.15) is 0 Å². The van der Waals surface area contributed by atoms with Crippen molar-refractivity contribution in [2.24, 2.45) is 0 Å². The highest BCUT2D eigenvalue weighted by Crippen LogP contribution is 2.38. The highest BCUT2D eigenvalue weighted by atomic mass is 19.1. The van der Waals surface area contributed by atoms with Crippen LogP contribution in [0.2, 0.25) is 0 Å². The first-order valence-corrected chi connectivity index (χ1v) is 10.4. The molecule has 3 aromatic rings. The van der Waals surface area contributed by atoms with Crippen LogP contribution in [0.1, 0.15) is 35.4 Å². The van der Waals surface area contributed by atoms with Crippen LogP contribution < -0.4 is 9.47 Å². The van der Waals surface area contributed by atoms with Crippen molar-refractivity contribution in [3.05, 3.63) is 71.2 Å². The highest BCUT2D eigenvalue weighted by Gasteiger charge is 2.26. The molecule has 5 rings (SSSR count). The van der Waals surface area contributed by atoms with Crippen molar-refractivity contribution in [3.63, 3.8) is 0 Å². The molecule has 1 atom stereocenters. The van der Waals surface area contributed by atoms with E-state index in [0.717, 1.165) is 30.4 Å². The third-order valence-corrected chi connectivity index (χ3v) is 5.77. The number of carbonyl (C=O) groups is 1. The Bertz CT molecular complexity index is 1150. The first kappa shape index (κ1) is 21.6. The Balaban J connectivity index is 0.000000158. The van der Waals surface area contributed by atoms with Crippen LogP contribution in [-0.4, -0.2) is 34.9 Å². The number of ether oxygens (including phenoxy) is 2. The fraction of sp³-hybridized carbons (Fsp3) is 0.280. The van der Waals surface area contributed by atoms with Gasteiger partial charge in [0.2, 0.25) is 5.88 Å². The molecular weight excluding hydrogens is 413 g/mol. The number of halogens is 1. The van der Waals surface area contributed by atoms with E-state index in [-0.39, 0.29) is 23.9 Å². The van der Waals surface area contributed by atoms with Crippen LogP contribution in [-0.2, 0) is 17.6 Å². The van der Waals surface area contributed by atoms with E-state index in [0.29, 0.717) is 23.8 Å². The average Bonchev–Trinajstić information content (AvgIpc) is 3.41. The summed E-state index contributed by atoms with van der Waals surface area (Å²) in [5.41, 5.74) is 5.03. The number of rotatable bonds is 4. The number of carboxylic acids is 1. The number of phenolic OH excluding ortho intramolecular Hbond substituents is 1. The van der Waals surface area contributed by atoms with Gasteiger partial charge in [-0.1, -0.05) is 24.3 Å². The van der Waals surface area contributed by atoms with Crippen LogP contribution in [0.5, 0.6) is 17.4 Å². The minimum absolute atomic E-state index is 0.0672. The van der Waals surface area contributed by atoms with Crippen LogP contribution >= 0.6 is 0 Å². The molecule has 0 radical (unpaired) electrons. The molecule has 2 aliphatic rings. The molecule has 2 heterocycles. The van der Waals surface area contributed by atoms with Gasteiger partial charge < -0.3 is 19.7 Å². The van der Waals surface area contributed by atoms with Crippen LogP contribution in [0.4, 0.5) is 4.39 Å². The smallest absolute Gasteiger partial charge is 0.304 e. The Morgan fingerprint density at radius 1 is 1.22 bits per heavy atom. The number of benzene rings is 2. The summed E-state index contributed by atoms with van der Waals surface area (Å²) in [7, 11) is 1.54. The molecule has 2 aromatic carbocycles. The van der Waals surface area contributed by atoms with Crippen molar-refractivity contribution in [2.45, 2.75) is 31.6 Å². The first-order valence-electron chi connectivity index (χ1n) is 10.4. The van der Waals surface area contributed by atoms with Gasteiger partial charge in [-0.05, 0) is 42.0 Å². The van der Waals surface area contributed by atoms with Gasteiger partial charge >= 0.3 is 5.97 Å². The molecule has 7 heteroatoms. The van der Waals surface area contributed by atoms with E-state index in [4.69, 9.17) is 19.7 Å². The van der Waals surface area contributed by atoms with Crippen molar-refractivity contribution in [1.82, 2.24) is 4.98 Å². The van der Waals surface area contributed by atoms with Gasteiger partial charge in [0.15, 0.2) is 0 Å². The number of aromatic hydroxyl groups is 1. The zero-order valence-corrected chi connectivity index (χ0v) is 17.7. The third kappa shape index (κ3) is 4.51. The summed E-state index contributed by atoms with van der Waals surface area (Å²) >= 11 is 0. The lowest BCUT2D eigenvalue weighted by Crippen LogP contribution is -2.07. The quantitative estimate of drug-likeness (QED) is 0.614. The predicted octanol–water partition coefficient (Wildman–Crippen LogP) is 4.73. The fourth-order valence-corrected chi connectivity index (χ4v) is 4.25. The van der Waals surface area contributed by atoms with Crippen LogP contribution in [0, 0.1) is 5.82 Å². The Morgan fingerprint density at radius 2 is 2.06 bits per heavy atom. The maximum atomic E-state index is 13.9. The summed E-state index contributed by atoms with van der Waals surface area (Å²) in [6, 6.07) is 12.5. The number of aliphatic carboxylic acids is 1. The van der Waals surface area contributed by atoms with E-state index in [1.54, 1.807) is 25.3 Å². The number of fused-ring (bicyclic) bond motifs is 2. The van der Waals surface area contributed by atoms with E-state index in [9.17, 15) is 9.18 Å². The number of phenols is 1. The number of hydrogen-bond donors (Lipinski definition) is 2. The van der Waals surface area contributed by atoms with Crippen molar-refractivity contribution < 1.29 is 28.9 Å². The molecule has 1 aliphatic carbocycles. The monoisotopic (exact) mass is 437 g/mol. The van der Waals surface area contributed by atoms with Gasteiger partial charge in [0.1, 0.15) is 17.3 Å². The number of pyridine rings is 1. The Hall–Kier alpha value is -3.61. The molecule has 166 valence electrons. The Kier molecular flexibility index (Phi) is 6.25. The molecule has 1 aromatic heterocycles. The molecule has 1 unspecified atom stereocenters.